The van der Waals surface area contributed by atoms with Crippen molar-refractivity contribution in [2.75, 3.05) is 31.9 Å². The van der Waals surface area contributed by atoms with Gasteiger partial charge in [-0.25, -0.2) is 0 Å². The van der Waals surface area contributed by atoms with Crippen molar-refractivity contribution in [1.82, 2.24) is 14.8 Å². The maximum absolute atomic E-state index is 12.4. The van der Waals surface area contributed by atoms with E-state index >= 15 is 0 Å². The second-order valence-corrected chi connectivity index (χ2v) is 5.41. The maximum Gasteiger partial charge on any atom is 0.272 e. The van der Waals surface area contributed by atoms with Gasteiger partial charge in [-0.15, -0.1) is 0 Å². The molecule has 1 amide bonds. The van der Waals surface area contributed by atoms with Gasteiger partial charge in [-0.2, -0.15) is 0 Å². The third kappa shape index (κ3) is 2.56. The second kappa shape index (κ2) is 5.17. The minimum Gasteiger partial charge on any atom is -0.399 e. The number of nitrogens with two attached hydrogens (primary N) is 1. The molecule has 5 heteroatoms. The highest BCUT2D eigenvalue weighted by atomic mass is 16.2. The number of piperazine rings is 1. The summed E-state index contributed by atoms with van der Waals surface area (Å²) < 4.78 is 0. The van der Waals surface area contributed by atoms with Crippen LogP contribution in [0.15, 0.2) is 18.3 Å². The summed E-state index contributed by atoms with van der Waals surface area (Å²) in [6.45, 7) is 3.79. The lowest BCUT2D eigenvalue weighted by molar-refractivity contribution is 0.0368. The van der Waals surface area contributed by atoms with Gasteiger partial charge in [0.1, 0.15) is 5.69 Å². The molecule has 0 saturated carbocycles. The van der Waals surface area contributed by atoms with Gasteiger partial charge in [-0.3, -0.25) is 14.7 Å². The van der Waals surface area contributed by atoms with E-state index in [1.165, 1.54) is 25.8 Å². The predicted octanol–water partition coefficient (Wildman–Crippen LogP) is 0.974. The fraction of sp³-hybridized carbons (Fsp3) is 0.571. The second-order valence-electron chi connectivity index (χ2n) is 5.41. The largest absolute Gasteiger partial charge is 0.399 e. The number of nitrogen functional groups attached to an aromatic ring is 1. The molecule has 2 fully saturated rings. The van der Waals surface area contributed by atoms with Crippen molar-refractivity contribution in [3.05, 3.63) is 24.0 Å². The molecule has 0 aliphatic carbocycles. The summed E-state index contributed by atoms with van der Waals surface area (Å²) in [5.41, 5.74) is 6.77. The number of piperidine rings is 1. The Labute approximate surface area is 113 Å². The number of carbonyl (C=O) groups is 1. The summed E-state index contributed by atoms with van der Waals surface area (Å²) in [6.07, 6.45) is 5.37. The molecule has 1 aromatic rings. The summed E-state index contributed by atoms with van der Waals surface area (Å²) >= 11 is 0. The highest BCUT2D eigenvalue weighted by Crippen LogP contribution is 2.22. The molecular weight excluding hydrogens is 240 g/mol. The van der Waals surface area contributed by atoms with E-state index in [1.54, 1.807) is 18.3 Å². The van der Waals surface area contributed by atoms with E-state index in [4.69, 9.17) is 5.73 Å². The summed E-state index contributed by atoms with van der Waals surface area (Å²) in [6, 6.07) is 3.90. The van der Waals surface area contributed by atoms with Crippen LogP contribution in [0, 0.1) is 0 Å². The van der Waals surface area contributed by atoms with E-state index in [0.29, 0.717) is 17.4 Å². The Hall–Kier alpha value is -1.62. The van der Waals surface area contributed by atoms with E-state index in [9.17, 15) is 4.79 Å². The average Bonchev–Trinajstić information content (AvgIpc) is 2.46. The number of pyridine rings is 1. The van der Waals surface area contributed by atoms with E-state index in [1.807, 2.05) is 4.90 Å². The van der Waals surface area contributed by atoms with Crippen molar-refractivity contribution >= 4 is 11.6 Å². The highest BCUT2D eigenvalue weighted by molar-refractivity contribution is 5.93. The number of nitrogens with zero attached hydrogens (tertiary/aromatic N) is 3. The summed E-state index contributed by atoms with van der Waals surface area (Å²) in [7, 11) is 0. The molecule has 2 saturated heterocycles. The molecule has 102 valence electrons. The molecule has 2 aliphatic rings. The Morgan fingerprint density at radius 2 is 2.21 bits per heavy atom. The lowest BCUT2D eigenvalue weighted by atomic mass is 9.99. The number of aromatic nitrogens is 1. The first-order valence-corrected chi connectivity index (χ1v) is 6.99. The average molecular weight is 260 g/mol. The van der Waals surface area contributed by atoms with Crippen LogP contribution >= 0.6 is 0 Å². The monoisotopic (exact) mass is 260 g/mol. The predicted molar refractivity (Wildman–Crippen MR) is 73.8 cm³/mol. The van der Waals surface area contributed by atoms with Gasteiger partial charge in [-0.1, -0.05) is 6.42 Å². The van der Waals surface area contributed by atoms with E-state index < -0.39 is 0 Å². The summed E-state index contributed by atoms with van der Waals surface area (Å²) in [4.78, 5) is 21.0. The van der Waals surface area contributed by atoms with Gasteiger partial charge >= 0.3 is 0 Å². The van der Waals surface area contributed by atoms with Gasteiger partial charge in [0.25, 0.3) is 5.91 Å². The van der Waals surface area contributed by atoms with E-state index in [0.717, 1.165) is 19.6 Å². The number of anilines is 1. The molecule has 2 N–H and O–H groups in total. The van der Waals surface area contributed by atoms with Crippen LogP contribution in [0.2, 0.25) is 0 Å². The molecule has 1 unspecified atom stereocenters. The van der Waals surface area contributed by atoms with Crippen LogP contribution in [-0.4, -0.2) is 52.9 Å². The van der Waals surface area contributed by atoms with Crippen LogP contribution in [0.25, 0.3) is 0 Å². The fourth-order valence-corrected chi connectivity index (χ4v) is 3.07. The lowest BCUT2D eigenvalue weighted by Gasteiger charge is -2.43. The van der Waals surface area contributed by atoms with Gasteiger partial charge in [0.15, 0.2) is 0 Å². The quantitative estimate of drug-likeness (QED) is 0.817. The normalized spacial score (nSPS) is 24.0. The number of rotatable bonds is 1. The fourth-order valence-electron chi connectivity index (χ4n) is 3.07. The third-order valence-electron chi connectivity index (χ3n) is 4.13. The molecule has 1 atom stereocenters. The van der Waals surface area contributed by atoms with Crippen molar-refractivity contribution in [3.63, 3.8) is 0 Å². The molecular formula is C14H20N4O. The van der Waals surface area contributed by atoms with Crippen LogP contribution in [0.4, 0.5) is 5.69 Å². The number of hydrogen-bond acceptors (Lipinski definition) is 4. The molecule has 5 nitrogen and oxygen atoms in total. The van der Waals surface area contributed by atoms with Gasteiger partial charge in [0.2, 0.25) is 0 Å². The van der Waals surface area contributed by atoms with E-state index in [2.05, 4.69) is 9.88 Å². The first kappa shape index (κ1) is 12.4. The Kier molecular flexibility index (Phi) is 3.38. The Bertz CT molecular complexity index is 476. The Morgan fingerprint density at radius 3 is 3.05 bits per heavy atom. The topological polar surface area (TPSA) is 62.5 Å². The number of hydrogen-bond donors (Lipinski definition) is 1. The first-order chi connectivity index (χ1) is 9.24. The third-order valence-corrected chi connectivity index (χ3v) is 4.13. The minimum absolute atomic E-state index is 0.0116. The van der Waals surface area contributed by atoms with Gasteiger partial charge in [0.05, 0.1) is 0 Å². The maximum atomic E-state index is 12.4. The molecule has 0 spiro atoms. The SMILES string of the molecule is Nc1ccnc(C(=O)N2CCN3CCCCC3C2)c1. The molecule has 1 aromatic heterocycles. The van der Waals surface area contributed by atoms with Gasteiger partial charge < -0.3 is 10.6 Å². The molecule has 19 heavy (non-hydrogen) atoms. The van der Waals surface area contributed by atoms with Crippen molar-refractivity contribution in [3.8, 4) is 0 Å². The Morgan fingerprint density at radius 1 is 1.32 bits per heavy atom. The lowest BCUT2D eigenvalue weighted by Crippen LogP contribution is -2.56. The molecule has 3 heterocycles. The van der Waals surface area contributed by atoms with Gasteiger partial charge in [-0.05, 0) is 31.5 Å². The van der Waals surface area contributed by atoms with Crippen molar-refractivity contribution in [2.24, 2.45) is 0 Å². The van der Waals surface area contributed by atoms with Crippen molar-refractivity contribution in [2.45, 2.75) is 25.3 Å². The highest BCUT2D eigenvalue weighted by Gasteiger charge is 2.31. The van der Waals surface area contributed by atoms with Crippen LogP contribution in [0.1, 0.15) is 29.8 Å². The standard InChI is InChI=1S/C14H20N4O/c15-11-4-5-16-13(9-11)14(19)18-8-7-17-6-2-1-3-12(17)10-18/h4-5,9,12H,1-3,6-8,10H2,(H2,15,16). The zero-order valence-electron chi connectivity index (χ0n) is 11.1. The summed E-state index contributed by atoms with van der Waals surface area (Å²) in [5, 5.41) is 0. The van der Waals surface area contributed by atoms with Crippen LogP contribution < -0.4 is 5.73 Å². The summed E-state index contributed by atoms with van der Waals surface area (Å²) in [5.74, 6) is 0.0116. The molecule has 3 rings (SSSR count). The molecule has 2 aliphatic heterocycles. The van der Waals surface area contributed by atoms with Crippen molar-refractivity contribution < 1.29 is 4.79 Å². The number of carbonyl (C=O) groups excluding carboxylic acids is 1. The van der Waals surface area contributed by atoms with Crippen LogP contribution in [-0.2, 0) is 0 Å². The zero-order chi connectivity index (χ0) is 13.2. The molecule has 0 bridgehead atoms. The minimum atomic E-state index is 0.0116. The molecule has 0 aromatic carbocycles. The van der Waals surface area contributed by atoms with Crippen molar-refractivity contribution in [1.29, 1.82) is 0 Å². The smallest absolute Gasteiger partial charge is 0.272 e. The molecule has 0 radical (unpaired) electrons. The number of fused-ring (bicyclic) bond motifs is 1. The first-order valence-electron chi connectivity index (χ1n) is 6.99. The van der Waals surface area contributed by atoms with Crippen LogP contribution in [0.3, 0.4) is 0 Å². The number of amides is 1. The zero-order valence-corrected chi connectivity index (χ0v) is 11.1. The van der Waals surface area contributed by atoms with Gasteiger partial charge in [0, 0.05) is 37.6 Å². The van der Waals surface area contributed by atoms with E-state index in [-0.39, 0.29) is 5.91 Å². The Balaban J connectivity index is 1.71. The van der Waals surface area contributed by atoms with Crippen LogP contribution in [0.5, 0.6) is 0 Å².